The van der Waals surface area contributed by atoms with E-state index in [1.54, 1.807) is 0 Å². The minimum atomic E-state index is -0.920. The van der Waals surface area contributed by atoms with E-state index < -0.39 is 17.8 Å². The second-order valence-electron chi connectivity index (χ2n) is 5.32. The van der Waals surface area contributed by atoms with Crippen molar-refractivity contribution in [1.82, 2.24) is 4.90 Å². The highest BCUT2D eigenvalue weighted by Gasteiger charge is 2.32. The summed E-state index contributed by atoms with van der Waals surface area (Å²) >= 11 is 6.10. The monoisotopic (exact) mass is 356 g/mol. The van der Waals surface area contributed by atoms with Gasteiger partial charge in [0.05, 0.1) is 18.1 Å². The molecule has 8 nitrogen and oxygen atoms in total. The van der Waals surface area contributed by atoms with Gasteiger partial charge in [-0.2, -0.15) is 0 Å². The van der Waals surface area contributed by atoms with Gasteiger partial charge < -0.3 is 25.2 Å². The number of benzene rings is 1. The summed E-state index contributed by atoms with van der Waals surface area (Å²) in [6, 6.07) is 2.81. The molecule has 1 saturated heterocycles. The van der Waals surface area contributed by atoms with Gasteiger partial charge in [-0.1, -0.05) is 11.6 Å². The number of nitrogens with zero attached hydrogens (tertiary/aromatic N) is 1. The summed E-state index contributed by atoms with van der Waals surface area (Å²) in [7, 11) is 1.37. The van der Waals surface area contributed by atoms with Crippen LogP contribution in [0.15, 0.2) is 12.1 Å². The third-order valence-corrected chi connectivity index (χ3v) is 3.94. The van der Waals surface area contributed by atoms with Gasteiger partial charge in [0, 0.05) is 18.7 Å². The molecule has 1 heterocycles. The Kier molecular flexibility index (Phi) is 5.50. The Labute approximate surface area is 143 Å². The van der Waals surface area contributed by atoms with E-state index in [4.69, 9.17) is 31.9 Å². The Bertz CT molecular complexity index is 678. The number of carboxylic acid groups (broad SMARTS) is 1. The summed E-state index contributed by atoms with van der Waals surface area (Å²) in [5, 5.41) is 9.11. The third-order valence-electron chi connectivity index (χ3n) is 3.66. The number of nitrogens with two attached hydrogens (primary N) is 1. The largest absolute Gasteiger partial charge is 0.493 e. The van der Waals surface area contributed by atoms with Crippen molar-refractivity contribution in [3.63, 3.8) is 0 Å². The molecule has 9 heteroatoms. The van der Waals surface area contributed by atoms with Crippen LogP contribution in [0.4, 0.5) is 0 Å². The number of hydrogen-bond acceptors (Lipinski definition) is 5. The number of likely N-dealkylation sites (tertiary alicyclic amines) is 1. The smallest absolute Gasteiger partial charge is 0.308 e. The maximum Gasteiger partial charge on any atom is 0.308 e. The summed E-state index contributed by atoms with van der Waals surface area (Å²) in [4.78, 5) is 35.8. The van der Waals surface area contributed by atoms with E-state index in [0.29, 0.717) is 13.0 Å². The number of halogens is 1. The van der Waals surface area contributed by atoms with Gasteiger partial charge in [-0.15, -0.1) is 0 Å². The first kappa shape index (κ1) is 17.9. The molecule has 1 aromatic rings. The number of ether oxygens (including phenoxy) is 2. The van der Waals surface area contributed by atoms with Crippen LogP contribution in [0.1, 0.15) is 16.8 Å². The number of primary amides is 1. The van der Waals surface area contributed by atoms with Gasteiger partial charge in [0.25, 0.3) is 11.8 Å². The molecule has 1 aliphatic rings. The molecule has 0 aromatic heterocycles. The molecule has 130 valence electrons. The van der Waals surface area contributed by atoms with Crippen LogP contribution in [0.25, 0.3) is 0 Å². The fourth-order valence-electron chi connectivity index (χ4n) is 2.46. The molecule has 1 aliphatic heterocycles. The van der Waals surface area contributed by atoms with E-state index in [1.165, 1.54) is 24.1 Å². The molecular weight excluding hydrogens is 340 g/mol. The number of carbonyl (C=O) groups is 3. The maximum atomic E-state index is 12.5. The highest BCUT2D eigenvalue weighted by Crippen LogP contribution is 2.37. The molecular formula is C15H17ClN2O6. The fraction of sp³-hybridized carbons (Fsp3) is 0.400. The lowest BCUT2D eigenvalue weighted by molar-refractivity contribution is -0.141. The van der Waals surface area contributed by atoms with Crippen molar-refractivity contribution in [3.05, 3.63) is 22.7 Å². The van der Waals surface area contributed by atoms with Crippen molar-refractivity contribution >= 4 is 29.4 Å². The molecule has 2 rings (SSSR count). The van der Waals surface area contributed by atoms with Crippen LogP contribution in [-0.2, 0) is 9.59 Å². The van der Waals surface area contributed by atoms with Crippen LogP contribution < -0.4 is 15.2 Å². The van der Waals surface area contributed by atoms with E-state index in [2.05, 4.69) is 0 Å². The first-order valence-corrected chi connectivity index (χ1v) is 7.52. The van der Waals surface area contributed by atoms with Gasteiger partial charge in [0.2, 0.25) is 0 Å². The molecule has 3 N–H and O–H groups in total. The summed E-state index contributed by atoms with van der Waals surface area (Å²) < 4.78 is 10.3. The predicted molar refractivity (Wildman–Crippen MR) is 84.3 cm³/mol. The molecule has 0 aliphatic carbocycles. The zero-order chi connectivity index (χ0) is 17.9. The molecule has 0 bridgehead atoms. The van der Waals surface area contributed by atoms with Gasteiger partial charge in [-0.3, -0.25) is 14.4 Å². The van der Waals surface area contributed by atoms with E-state index in [-0.39, 0.29) is 41.1 Å². The summed E-state index contributed by atoms with van der Waals surface area (Å²) in [5.41, 5.74) is 5.27. The summed E-state index contributed by atoms with van der Waals surface area (Å²) in [6.07, 6.45) is 0.408. The maximum absolute atomic E-state index is 12.5. The van der Waals surface area contributed by atoms with Crippen LogP contribution in [0.5, 0.6) is 11.5 Å². The molecule has 0 spiro atoms. The zero-order valence-electron chi connectivity index (χ0n) is 13.0. The van der Waals surface area contributed by atoms with Gasteiger partial charge in [-0.25, -0.2) is 0 Å². The van der Waals surface area contributed by atoms with Crippen molar-refractivity contribution in [2.45, 2.75) is 6.42 Å². The highest BCUT2D eigenvalue weighted by atomic mass is 35.5. The van der Waals surface area contributed by atoms with Crippen LogP contribution in [-0.4, -0.2) is 54.6 Å². The lowest BCUT2D eigenvalue weighted by atomic mass is 10.1. The van der Waals surface area contributed by atoms with Gasteiger partial charge in [0.15, 0.2) is 18.1 Å². The molecule has 1 atom stereocenters. The predicted octanol–water partition coefficient (Wildman–Crippen LogP) is 0.759. The normalized spacial score (nSPS) is 16.8. The van der Waals surface area contributed by atoms with Crippen molar-refractivity contribution in [2.75, 3.05) is 26.8 Å². The highest BCUT2D eigenvalue weighted by molar-refractivity contribution is 6.32. The van der Waals surface area contributed by atoms with Crippen molar-refractivity contribution < 1.29 is 29.0 Å². The zero-order valence-corrected chi connectivity index (χ0v) is 13.7. The number of rotatable bonds is 6. The Balaban J connectivity index is 2.22. The number of methoxy groups -OCH3 is 1. The Hall–Kier alpha value is -2.48. The summed E-state index contributed by atoms with van der Waals surface area (Å²) in [5.74, 6) is -2.22. The number of carboxylic acids is 1. The first-order chi connectivity index (χ1) is 11.3. The molecule has 24 heavy (non-hydrogen) atoms. The van der Waals surface area contributed by atoms with Gasteiger partial charge in [0.1, 0.15) is 0 Å². The average molecular weight is 357 g/mol. The Morgan fingerprint density at radius 1 is 1.42 bits per heavy atom. The minimum absolute atomic E-state index is 0.0907. The van der Waals surface area contributed by atoms with Gasteiger partial charge >= 0.3 is 5.97 Å². The molecule has 0 saturated carbocycles. The third kappa shape index (κ3) is 3.88. The van der Waals surface area contributed by atoms with Crippen LogP contribution in [0.3, 0.4) is 0 Å². The van der Waals surface area contributed by atoms with Gasteiger partial charge in [-0.05, 0) is 18.6 Å². The Morgan fingerprint density at radius 3 is 2.67 bits per heavy atom. The van der Waals surface area contributed by atoms with Crippen molar-refractivity contribution in [1.29, 1.82) is 0 Å². The topological polar surface area (TPSA) is 119 Å². The van der Waals surface area contributed by atoms with E-state index in [1.807, 2.05) is 0 Å². The van der Waals surface area contributed by atoms with Crippen LogP contribution in [0, 0.1) is 5.92 Å². The number of amides is 2. The van der Waals surface area contributed by atoms with E-state index >= 15 is 0 Å². The quantitative estimate of drug-likeness (QED) is 0.776. The minimum Gasteiger partial charge on any atom is -0.493 e. The Morgan fingerprint density at radius 2 is 2.12 bits per heavy atom. The second-order valence-corrected chi connectivity index (χ2v) is 5.73. The van der Waals surface area contributed by atoms with E-state index in [0.717, 1.165) is 0 Å². The SMILES string of the molecule is COc1cc(C(=O)N2CC[C@@H](C(=O)O)C2)cc(Cl)c1OCC(N)=O. The standard InChI is InChI=1S/C15H17ClN2O6/c1-23-11-5-9(4-10(16)13(11)24-7-12(17)19)14(20)18-3-2-8(6-18)15(21)22/h4-5,8H,2-3,6-7H2,1H3,(H2,17,19)(H,21,22)/t8-/m1/s1. The van der Waals surface area contributed by atoms with Crippen LogP contribution in [0.2, 0.25) is 5.02 Å². The first-order valence-electron chi connectivity index (χ1n) is 7.14. The lowest BCUT2D eigenvalue weighted by Gasteiger charge is -2.18. The summed E-state index contributed by atoms with van der Waals surface area (Å²) in [6.45, 7) is 0.124. The van der Waals surface area contributed by atoms with Crippen LogP contribution >= 0.6 is 11.6 Å². The number of aliphatic carboxylic acids is 1. The fourth-order valence-corrected chi connectivity index (χ4v) is 2.72. The average Bonchev–Trinajstić information content (AvgIpc) is 3.02. The molecule has 0 unspecified atom stereocenters. The van der Waals surface area contributed by atoms with Crippen molar-refractivity contribution in [3.8, 4) is 11.5 Å². The molecule has 1 aromatic carbocycles. The second kappa shape index (κ2) is 7.39. The number of hydrogen-bond donors (Lipinski definition) is 2. The number of carbonyl (C=O) groups excluding carboxylic acids is 2. The molecule has 0 radical (unpaired) electrons. The molecule has 1 fully saturated rings. The van der Waals surface area contributed by atoms with E-state index in [9.17, 15) is 14.4 Å². The molecule has 2 amide bonds. The van der Waals surface area contributed by atoms with Crippen molar-refractivity contribution in [2.24, 2.45) is 11.7 Å². The lowest BCUT2D eigenvalue weighted by Crippen LogP contribution is -2.30.